The van der Waals surface area contributed by atoms with E-state index in [4.69, 9.17) is 11.6 Å². The third-order valence-electron chi connectivity index (χ3n) is 3.97. The van der Waals surface area contributed by atoms with E-state index in [0.717, 1.165) is 16.8 Å². The van der Waals surface area contributed by atoms with E-state index in [0.29, 0.717) is 0 Å². The number of benzene rings is 2. The molecule has 0 atom stereocenters. The summed E-state index contributed by atoms with van der Waals surface area (Å²) in [7, 11) is -4.32. The number of aromatic nitrogens is 2. The number of hydrogen-bond donors (Lipinski definition) is 1. The van der Waals surface area contributed by atoms with Gasteiger partial charge in [0.2, 0.25) is 0 Å². The molecule has 0 spiro atoms. The molecular formula is C18H12BrClF3N3O3S. The van der Waals surface area contributed by atoms with Crippen LogP contribution < -0.4 is 4.72 Å². The van der Waals surface area contributed by atoms with Gasteiger partial charge < -0.3 is 0 Å². The second kappa shape index (κ2) is 8.05. The van der Waals surface area contributed by atoms with E-state index in [2.05, 4.69) is 21.0 Å². The maximum Gasteiger partial charge on any atom is 0.418 e. The highest BCUT2D eigenvalue weighted by Gasteiger charge is 2.34. The van der Waals surface area contributed by atoms with Gasteiger partial charge in [0.05, 0.1) is 11.3 Å². The van der Waals surface area contributed by atoms with Gasteiger partial charge in [-0.15, -0.1) is 0 Å². The molecule has 1 heterocycles. The molecule has 0 saturated carbocycles. The van der Waals surface area contributed by atoms with Crippen molar-refractivity contribution in [3.63, 3.8) is 0 Å². The summed E-state index contributed by atoms with van der Waals surface area (Å²) < 4.78 is 67.9. The normalized spacial score (nSPS) is 12.1. The lowest BCUT2D eigenvalue weighted by Crippen LogP contribution is -2.31. The quantitative estimate of drug-likeness (QED) is 0.537. The van der Waals surface area contributed by atoms with Crippen LogP contribution in [0.15, 0.2) is 57.9 Å². The molecule has 0 radical (unpaired) electrons. The average Bonchev–Trinajstić information content (AvgIpc) is 3.04. The Bertz CT molecular complexity index is 1240. The zero-order chi connectivity index (χ0) is 22.3. The van der Waals surface area contributed by atoms with E-state index in [9.17, 15) is 26.4 Å². The fourth-order valence-corrected chi connectivity index (χ4v) is 4.83. The Morgan fingerprint density at radius 1 is 1.17 bits per heavy atom. The predicted octanol–water partition coefficient (Wildman–Crippen LogP) is 4.73. The highest BCUT2D eigenvalue weighted by molar-refractivity contribution is 9.10. The highest BCUT2D eigenvalue weighted by Crippen LogP contribution is 2.34. The predicted molar refractivity (Wildman–Crippen MR) is 107 cm³/mol. The van der Waals surface area contributed by atoms with Gasteiger partial charge in [0.15, 0.2) is 5.69 Å². The number of para-hydroxylation sites is 1. The van der Waals surface area contributed by atoms with E-state index in [1.165, 1.54) is 43.3 Å². The molecule has 1 amide bonds. The minimum absolute atomic E-state index is 0.134. The van der Waals surface area contributed by atoms with Crippen LogP contribution in [0.4, 0.5) is 13.2 Å². The second-order valence-corrected chi connectivity index (χ2v) is 9.05. The molecule has 1 aromatic heterocycles. The summed E-state index contributed by atoms with van der Waals surface area (Å²) in [4.78, 5) is 12.2. The lowest BCUT2D eigenvalue weighted by molar-refractivity contribution is -0.137. The van der Waals surface area contributed by atoms with Crippen LogP contribution in [0, 0.1) is 6.92 Å². The highest BCUT2D eigenvalue weighted by atomic mass is 79.9. The van der Waals surface area contributed by atoms with Gasteiger partial charge >= 0.3 is 6.18 Å². The van der Waals surface area contributed by atoms with E-state index < -0.39 is 27.7 Å². The van der Waals surface area contributed by atoms with Crippen LogP contribution in [0.1, 0.15) is 21.7 Å². The molecule has 0 bridgehead atoms. The van der Waals surface area contributed by atoms with E-state index in [-0.39, 0.29) is 31.5 Å². The number of halogens is 5. The molecule has 0 unspecified atom stereocenters. The van der Waals surface area contributed by atoms with Crippen molar-refractivity contribution in [3.05, 3.63) is 75.0 Å². The van der Waals surface area contributed by atoms with E-state index >= 15 is 0 Å². The monoisotopic (exact) mass is 521 g/mol. The van der Waals surface area contributed by atoms with Gasteiger partial charge in [-0.25, -0.2) is 17.8 Å². The number of aryl methyl sites for hydroxylation is 1. The number of alkyl halides is 3. The summed E-state index contributed by atoms with van der Waals surface area (Å²) in [5, 5.41) is 4.01. The van der Waals surface area contributed by atoms with Crippen molar-refractivity contribution in [1.82, 2.24) is 14.5 Å². The number of sulfonamides is 1. The van der Waals surface area contributed by atoms with Crippen LogP contribution in [-0.2, 0) is 16.2 Å². The van der Waals surface area contributed by atoms with Gasteiger partial charge in [-0.3, -0.25) is 4.79 Å². The Balaban J connectivity index is 1.96. The van der Waals surface area contributed by atoms with Gasteiger partial charge in [-0.2, -0.15) is 18.3 Å². The fraction of sp³-hybridized carbons (Fsp3) is 0.111. The third-order valence-corrected chi connectivity index (χ3v) is 6.53. The van der Waals surface area contributed by atoms with Crippen LogP contribution in [0.25, 0.3) is 5.69 Å². The fourth-order valence-electron chi connectivity index (χ4n) is 2.64. The van der Waals surface area contributed by atoms with Crippen molar-refractivity contribution in [2.24, 2.45) is 0 Å². The molecule has 158 valence electrons. The van der Waals surface area contributed by atoms with Gasteiger partial charge in [-0.1, -0.05) is 23.7 Å². The second-order valence-electron chi connectivity index (χ2n) is 6.11. The molecule has 3 rings (SSSR count). The van der Waals surface area contributed by atoms with Crippen molar-refractivity contribution in [3.8, 4) is 5.69 Å². The topological polar surface area (TPSA) is 81.1 Å². The Labute approximate surface area is 182 Å². The summed E-state index contributed by atoms with van der Waals surface area (Å²) in [5.41, 5.74) is -1.40. The number of nitrogens with one attached hydrogen (secondary N) is 1. The van der Waals surface area contributed by atoms with Crippen molar-refractivity contribution < 1.29 is 26.4 Å². The number of rotatable bonds is 4. The van der Waals surface area contributed by atoms with Crippen molar-refractivity contribution in [2.45, 2.75) is 18.0 Å². The van der Waals surface area contributed by atoms with Crippen LogP contribution >= 0.6 is 27.5 Å². The molecule has 0 aliphatic rings. The average molecular weight is 523 g/mol. The summed E-state index contributed by atoms with van der Waals surface area (Å²) in [6, 6.07) is 9.89. The summed E-state index contributed by atoms with van der Waals surface area (Å²) >= 11 is 8.88. The molecule has 30 heavy (non-hydrogen) atoms. The standard InChI is InChI=1S/C18H12BrClF3N3O3S/c1-10-8-14(24-26(10)15-5-3-2-4-12(15)18(21,22)23)17(27)25-30(28,29)16-9-11(20)6-7-13(16)19/h2-9H,1H3,(H,25,27). The molecule has 12 heteroatoms. The Hall–Kier alpha value is -2.37. The zero-order valence-corrected chi connectivity index (χ0v) is 18.2. The number of carbonyl (C=O) groups excluding carboxylic acids is 1. The van der Waals surface area contributed by atoms with Crippen molar-refractivity contribution in [1.29, 1.82) is 0 Å². The lowest BCUT2D eigenvalue weighted by atomic mass is 10.1. The first-order valence-corrected chi connectivity index (χ1v) is 10.8. The largest absolute Gasteiger partial charge is 0.418 e. The van der Waals surface area contributed by atoms with Crippen molar-refractivity contribution in [2.75, 3.05) is 0 Å². The van der Waals surface area contributed by atoms with Crippen molar-refractivity contribution >= 4 is 43.5 Å². The molecule has 0 saturated heterocycles. The maximum absolute atomic E-state index is 13.3. The maximum atomic E-state index is 13.3. The molecule has 3 aromatic rings. The SMILES string of the molecule is Cc1cc(C(=O)NS(=O)(=O)c2cc(Cl)ccc2Br)nn1-c1ccccc1C(F)(F)F. The molecule has 0 fully saturated rings. The number of amides is 1. The molecule has 1 N–H and O–H groups in total. The van der Waals surface area contributed by atoms with Crippen LogP contribution in [0.5, 0.6) is 0 Å². The molecule has 0 aliphatic heterocycles. The van der Waals surface area contributed by atoms with Crippen LogP contribution in [0.2, 0.25) is 5.02 Å². The smallest absolute Gasteiger partial charge is 0.266 e. The van der Waals surface area contributed by atoms with Gasteiger partial charge in [0.25, 0.3) is 15.9 Å². The lowest BCUT2D eigenvalue weighted by Gasteiger charge is -2.13. The minimum Gasteiger partial charge on any atom is -0.266 e. The number of nitrogens with zero attached hydrogens (tertiary/aromatic N) is 2. The number of hydrogen-bond acceptors (Lipinski definition) is 4. The Morgan fingerprint density at radius 3 is 2.50 bits per heavy atom. The molecule has 2 aromatic carbocycles. The first-order valence-electron chi connectivity index (χ1n) is 8.15. The summed E-state index contributed by atoms with van der Waals surface area (Å²) in [6.07, 6.45) is -4.64. The van der Waals surface area contributed by atoms with Gasteiger partial charge in [0, 0.05) is 15.2 Å². The van der Waals surface area contributed by atoms with Crippen LogP contribution in [-0.4, -0.2) is 24.1 Å². The van der Waals surface area contributed by atoms with Gasteiger partial charge in [-0.05, 0) is 59.3 Å². The molecule has 6 nitrogen and oxygen atoms in total. The molecular weight excluding hydrogens is 511 g/mol. The number of carbonyl (C=O) groups is 1. The zero-order valence-electron chi connectivity index (χ0n) is 15.0. The van der Waals surface area contributed by atoms with E-state index in [1.807, 2.05) is 4.72 Å². The third kappa shape index (κ3) is 4.52. The molecule has 0 aliphatic carbocycles. The Kier molecular flexibility index (Phi) is 5.99. The first kappa shape index (κ1) is 22.3. The first-order chi connectivity index (χ1) is 13.9. The van der Waals surface area contributed by atoms with E-state index in [1.54, 1.807) is 0 Å². The van der Waals surface area contributed by atoms with Crippen LogP contribution in [0.3, 0.4) is 0 Å². The Morgan fingerprint density at radius 2 is 1.83 bits per heavy atom. The van der Waals surface area contributed by atoms with Gasteiger partial charge in [0.1, 0.15) is 4.90 Å². The summed E-state index contributed by atoms with van der Waals surface area (Å²) in [6.45, 7) is 1.44. The summed E-state index contributed by atoms with van der Waals surface area (Å²) in [5.74, 6) is -1.10. The minimum atomic E-state index is -4.64.